The molecule has 0 aromatic carbocycles. The zero-order chi connectivity index (χ0) is 24.8. The number of alkyl halides is 6. The zero-order valence-electron chi connectivity index (χ0n) is 17.5. The Kier molecular flexibility index (Phi) is 12.3. The van der Waals surface area contributed by atoms with Gasteiger partial charge in [0, 0.05) is 42.3 Å². The quantitative estimate of drug-likeness (QED) is 0.262. The summed E-state index contributed by atoms with van der Waals surface area (Å²) in [6.45, 7) is 3.02. The van der Waals surface area contributed by atoms with Crippen molar-refractivity contribution in [2.45, 2.75) is 30.8 Å². The molecule has 0 unspecified atom stereocenters. The topological polar surface area (TPSA) is 101 Å². The molecule has 9 nitrogen and oxygen atoms in total. The molecule has 18 heteroatoms. The Balaban J connectivity index is 0. The Morgan fingerprint density at radius 2 is 1.07 bits per heavy atom. The van der Waals surface area contributed by atoms with Crippen LogP contribution in [0.1, 0.15) is 19.8 Å². The lowest BCUT2D eigenvalue weighted by atomic mass is 10.4. The molecule has 0 N–H and O–H groups in total. The third-order valence-electron chi connectivity index (χ3n) is 3.11. The first kappa shape index (κ1) is 31.9. The first-order chi connectivity index (χ1) is 13.1. The van der Waals surface area contributed by atoms with Crippen LogP contribution in [0.25, 0.3) is 4.13 Å². The second-order valence-electron chi connectivity index (χ2n) is 6.16. The third-order valence-corrected chi connectivity index (χ3v) is 9.50. The summed E-state index contributed by atoms with van der Waals surface area (Å²) >= 11 is 0. The molecule has 0 aliphatic rings. The molecule has 0 heterocycles. The fraction of sp³-hybridized carbons (Fsp3) is 1.00. The maximum Gasteiger partial charge on any atom is 0.480 e. The van der Waals surface area contributed by atoms with Crippen molar-refractivity contribution in [1.82, 2.24) is 14.0 Å². The Morgan fingerprint density at radius 3 is 1.27 bits per heavy atom. The van der Waals surface area contributed by atoms with Crippen LogP contribution in [0.4, 0.5) is 26.3 Å². The number of sulfonamides is 2. The molecule has 0 spiro atoms. The monoisotopic (exact) mass is 516 g/mol. The van der Waals surface area contributed by atoms with Crippen LogP contribution in [0.3, 0.4) is 0 Å². The van der Waals surface area contributed by atoms with E-state index < -0.39 is 39.0 Å². The zero-order valence-corrected chi connectivity index (χ0v) is 20.0. The number of rotatable bonds is 9. The third kappa shape index (κ3) is 8.68. The van der Waals surface area contributed by atoms with E-state index in [0.717, 1.165) is 17.2 Å². The summed E-state index contributed by atoms with van der Waals surface area (Å²) in [5.74, 6) is 0. The molecular formula is C12H27F6N4O5PS2. The fourth-order valence-corrected chi connectivity index (χ4v) is 6.89. The molecule has 0 amide bonds. The van der Waals surface area contributed by atoms with Crippen LogP contribution in [-0.4, -0.2) is 90.8 Å². The Morgan fingerprint density at radius 1 is 0.767 bits per heavy atom. The van der Waals surface area contributed by atoms with Crippen molar-refractivity contribution in [3.05, 3.63) is 4.13 Å². The Bertz CT molecular complexity index is 663. The van der Waals surface area contributed by atoms with Gasteiger partial charge in [0.25, 0.3) is 0 Å². The maximum atomic E-state index is 11.4. The van der Waals surface area contributed by atoms with Gasteiger partial charge in [0.05, 0.1) is 6.61 Å². The van der Waals surface area contributed by atoms with E-state index in [9.17, 15) is 43.2 Å². The number of nitrogens with zero attached hydrogens (tertiary/aromatic N) is 4. The predicted molar refractivity (Wildman–Crippen MR) is 102 cm³/mol. The van der Waals surface area contributed by atoms with Crippen molar-refractivity contribution in [1.29, 1.82) is 0 Å². The van der Waals surface area contributed by atoms with Crippen LogP contribution in [0, 0.1) is 0 Å². The van der Waals surface area contributed by atoms with Gasteiger partial charge in [0.2, 0.25) is 0 Å². The van der Waals surface area contributed by atoms with E-state index >= 15 is 0 Å². The summed E-state index contributed by atoms with van der Waals surface area (Å²) in [6.07, 6.45) is 2.30. The fourth-order valence-electron chi connectivity index (χ4n) is 1.96. The Hall–Kier alpha value is -0.290. The average molecular weight is 516 g/mol. The number of hydrogen-bond acceptors (Lipinski definition) is 8. The summed E-state index contributed by atoms with van der Waals surface area (Å²) in [5, 5.41) is 0. The van der Waals surface area contributed by atoms with Crippen LogP contribution >= 0.6 is 7.94 Å². The predicted octanol–water partition coefficient (Wildman–Crippen LogP) is 3.22. The SMILES string of the molecule is CCCCO[P+](N(C)C)(N(C)C)N(C)C.O=S(=O)([N-]S(=O)(=O)C(F)(F)F)C(F)(F)F. The highest BCUT2D eigenvalue weighted by molar-refractivity contribution is 8.13. The van der Waals surface area contributed by atoms with Gasteiger partial charge in [-0.15, -0.1) is 14.0 Å². The molecule has 0 aliphatic heterocycles. The standard InChI is InChI=1S/C10H27N3OP.C2F6NO4S2/c1-8-9-10-14-15(11(2)3,12(4)5)13(6)7;3-1(4,5)14(10,11)9-15(12,13)2(6,7)8/h8-10H2,1-7H3;/q+1;-1. The van der Waals surface area contributed by atoms with Crippen LogP contribution in [0.15, 0.2) is 0 Å². The summed E-state index contributed by atoms with van der Waals surface area (Å²) in [5.41, 5.74) is -12.4. The first-order valence-electron chi connectivity index (χ1n) is 8.04. The van der Waals surface area contributed by atoms with E-state index in [1.807, 2.05) is 0 Å². The van der Waals surface area contributed by atoms with E-state index in [4.69, 9.17) is 4.52 Å². The highest BCUT2D eigenvalue weighted by Crippen LogP contribution is 2.64. The molecule has 0 aromatic rings. The van der Waals surface area contributed by atoms with E-state index in [1.165, 1.54) is 6.42 Å². The van der Waals surface area contributed by atoms with Gasteiger partial charge in [-0.3, -0.25) is 0 Å². The largest absolute Gasteiger partial charge is 0.480 e. The van der Waals surface area contributed by atoms with Gasteiger partial charge >= 0.3 is 19.0 Å². The van der Waals surface area contributed by atoms with Gasteiger partial charge < -0.3 is 4.13 Å². The molecule has 0 saturated heterocycles. The summed E-state index contributed by atoms with van der Waals surface area (Å²) in [4.78, 5) is 0. The van der Waals surface area contributed by atoms with Gasteiger partial charge in [-0.05, 0) is 6.42 Å². The van der Waals surface area contributed by atoms with E-state index in [-0.39, 0.29) is 0 Å². The number of hydrogen-bond donors (Lipinski definition) is 0. The lowest BCUT2D eigenvalue weighted by Crippen LogP contribution is -2.37. The highest BCUT2D eigenvalue weighted by atomic mass is 32.3. The van der Waals surface area contributed by atoms with Crippen molar-refractivity contribution < 1.29 is 47.7 Å². The highest BCUT2D eigenvalue weighted by Gasteiger charge is 2.50. The molecule has 0 bridgehead atoms. The van der Waals surface area contributed by atoms with Gasteiger partial charge in [0.15, 0.2) is 20.0 Å². The van der Waals surface area contributed by atoms with Gasteiger partial charge in [0.1, 0.15) is 0 Å². The molecule has 184 valence electrons. The number of unbranched alkanes of at least 4 members (excludes halogenated alkanes) is 1. The summed E-state index contributed by atoms with van der Waals surface area (Å²) in [7, 11) is -2.69. The van der Waals surface area contributed by atoms with Crippen molar-refractivity contribution in [3.63, 3.8) is 0 Å². The second-order valence-corrected chi connectivity index (χ2v) is 13.3. The molecule has 0 saturated carbocycles. The lowest BCUT2D eigenvalue weighted by Gasteiger charge is -2.37. The molecule has 0 aromatic heterocycles. The first-order valence-corrected chi connectivity index (χ1v) is 12.5. The van der Waals surface area contributed by atoms with Crippen LogP contribution in [0.2, 0.25) is 0 Å². The summed E-state index contributed by atoms with van der Waals surface area (Å²) in [6, 6.07) is 0. The van der Waals surface area contributed by atoms with Crippen LogP contribution < -0.4 is 0 Å². The average Bonchev–Trinajstić information content (AvgIpc) is 2.47. The Labute approximate surface area is 174 Å². The van der Waals surface area contributed by atoms with E-state index in [2.05, 4.69) is 63.2 Å². The number of halogens is 6. The minimum absolute atomic E-state index is 0.778. The summed E-state index contributed by atoms with van der Waals surface area (Å²) < 4.78 is 122. The van der Waals surface area contributed by atoms with Crippen LogP contribution in [-0.2, 0) is 24.6 Å². The van der Waals surface area contributed by atoms with Gasteiger partial charge in [-0.2, -0.15) is 30.9 Å². The maximum absolute atomic E-state index is 11.4. The van der Waals surface area contributed by atoms with Crippen molar-refractivity contribution in [3.8, 4) is 0 Å². The molecule has 0 atom stereocenters. The molecule has 0 radical (unpaired) electrons. The van der Waals surface area contributed by atoms with Crippen molar-refractivity contribution in [2.24, 2.45) is 0 Å². The van der Waals surface area contributed by atoms with Crippen LogP contribution in [0.5, 0.6) is 0 Å². The van der Waals surface area contributed by atoms with E-state index in [1.54, 1.807) is 0 Å². The van der Waals surface area contributed by atoms with Crippen molar-refractivity contribution in [2.75, 3.05) is 48.9 Å². The van der Waals surface area contributed by atoms with E-state index in [0.29, 0.717) is 0 Å². The second kappa shape index (κ2) is 11.5. The minimum atomic E-state index is -6.72. The lowest BCUT2D eigenvalue weighted by molar-refractivity contribution is -0.0444. The molecule has 0 aliphatic carbocycles. The normalized spacial score (nSPS) is 14.3. The van der Waals surface area contributed by atoms with Crippen molar-refractivity contribution >= 4 is 28.0 Å². The van der Waals surface area contributed by atoms with Gasteiger partial charge in [-0.1, -0.05) is 13.3 Å². The smallest absolute Gasteiger partial charge is 0.421 e. The van der Waals surface area contributed by atoms with Gasteiger partial charge in [-0.25, -0.2) is 16.8 Å². The molecular weight excluding hydrogens is 489 g/mol. The molecule has 30 heavy (non-hydrogen) atoms. The minimum Gasteiger partial charge on any atom is -0.421 e. The molecule has 0 fully saturated rings. The molecule has 0 rings (SSSR count).